The number of carboxylic acid groups (broad SMARTS) is 1. The molecule has 1 aromatic rings. The Morgan fingerprint density at radius 3 is 2.42 bits per heavy atom. The van der Waals surface area contributed by atoms with Gasteiger partial charge in [0.05, 0.1) is 10.5 Å². The first-order valence-electron chi connectivity index (χ1n) is 6.17. The van der Waals surface area contributed by atoms with Crippen LogP contribution < -0.4 is 4.90 Å². The maximum atomic E-state index is 11.1. The molecule has 102 valence electrons. The normalized spacial score (nSPS) is 22.5. The highest BCUT2D eigenvalue weighted by Gasteiger charge is 2.30. The molecule has 1 heterocycles. The van der Waals surface area contributed by atoms with Crippen LogP contribution in [0.15, 0.2) is 18.2 Å². The fourth-order valence-electron chi connectivity index (χ4n) is 2.39. The molecule has 0 aliphatic carbocycles. The van der Waals surface area contributed by atoms with Gasteiger partial charge in [-0.05, 0) is 24.0 Å². The molecule has 0 spiro atoms. The van der Waals surface area contributed by atoms with Crippen LogP contribution in [0.2, 0.25) is 0 Å². The Morgan fingerprint density at radius 1 is 1.37 bits per heavy atom. The molecule has 1 aliphatic rings. The van der Waals surface area contributed by atoms with Crippen molar-refractivity contribution in [3.05, 3.63) is 33.9 Å². The van der Waals surface area contributed by atoms with Gasteiger partial charge < -0.3 is 10.0 Å². The maximum Gasteiger partial charge on any atom is 0.335 e. The van der Waals surface area contributed by atoms with Crippen molar-refractivity contribution in [2.45, 2.75) is 13.8 Å². The minimum absolute atomic E-state index is 0.0358. The van der Waals surface area contributed by atoms with Crippen LogP contribution in [0.5, 0.6) is 0 Å². The lowest BCUT2D eigenvalue weighted by Crippen LogP contribution is -2.21. The fraction of sp³-hybridized carbons (Fsp3) is 0.462. The molecule has 6 nitrogen and oxygen atoms in total. The van der Waals surface area contributed by atoms with Crippen molar-refractivity contribution in [3.8, 4) is 0 Å². The van der Waals surface area contributed by atoms with E-state index in [0.29, 0.717) is 30.6 Å². The van der Waals surface area contributed by atoms with Gasteiger partial charge in [-0.3, -0.25) is 10.1 Å². The Bertz CT molecular complexity index is 519. The van der Waals surface area contributed by atoms with E-state index in [9.17, 15) is 14.9 Å². The third-order valence-corrected chi connectivity index (χ3v) is 3.75. The summed E-state index contributed by atoms with van der Waals surface area (Å²) in [6.07, 6.45) is 0. The third kappa shape index (κ3) is 2.52. The van der Waals surface area contributed by atoms with Crippen molar-refractivity contribution in [1.29, 1.82) is 0 Å². The summed E-state index contributed by atoms with van der Waals surface area (Å²) in [6, 6.07) is 3.94. The van der Waals surface area contributed by atoms with Crippen molar-refractivity contribution in [1.82, 2.24) is 0 Å². The van der Waals surface area contributed by atoms with Crippen molar-refractivity contribution >= 4 is 17.3 Å². The van der Waals surface area contributed by atoms with E-state index in [0.717, 1.165) is 0 Å². The quantitative estimate of drug-likeness (QED) is 0.669. The van der Waals surface area contributed by atoms with Gasteiger partial charge in [-0.15, -0.1) is 0 Å². The molecule has 2 unspecified atom stereocenters. The molecule has 0 bridgehead atoms. The summed E-state index contributed by atoms with van der Waals surface area (Å²) in [6.45, 7) is 5.62. The third-order valence-electron chi connectivity index (χ3n) is 3.75. The predicted molar refractivity (Wildman–Crippen MR) is 70.6 cm³/mol. The van der Waals surface area contributed by atoms with Crippen molar-refractivity contribution < 1.29 is 14.8 Å². The van der Waals surface area contributed by atoms with Crippen LogP contribution in [0.4, 0.5) is 11.4 Å². The van der Waals surface area contributed by atoms with Gasteiger partial charge in [-0.25, -0.2) is 4.79 Å². The van der Waals surface area contributed by atoms with Crippen LogP contribution in [0, 0.1) is 22.0 Å². The Balaban J connectivity index is 2.44. The highest BCUT2D eigenvalue weighted by molar-refractivity contribution is 5.90. The molecular weight excluding hydrogens is 248 g/mol. The van der Waals surface area contributed by atoms with E-state index in [4.69, 9.17) is 5.11 Å². The highest BCUT2D eigenvalue weighted by atomic mass is 16.6. The Kier molecular flexibility index (Phi) is 3.42. The average Bonchev–Trinajstić information content (AvgIpc) is 2.68. The number of benzene rings is 1. The number of carboxylic acids is 1. The van der Waals surface area contributed by atoms with Crippen molar-refractivity contribution in [2.24, 2.45) is 11.8 Å². The average molecular weight is 264 g/mol. The van der Waals surface area contributed by atoms with Crippen LogP contribution in [0.1, 0.15) is 24.2 Å². The number of rotatable bonds is 3. The summed E-state index contributed by atoms with van der Waals surface area (Å²) in [5.74, 6) is -0.197. The Labute approximate surface area is 110 Å². The van der Waals surface area contributed by atoms with Crippen LogP contribution >= 0.6 is 0 Å². The number of nitrogens with zero attached hydrogens (tertiary/aromatic N) is 2. The molecule has 0 radical (unpaired) electrons. The SMILES string of the molecule is CC1CN(c2cc(C(=O)O)ccc2[N+](=O)[O-])CC1C. The largest absolute Gasteiger partial charge is 0.478 e. The number of hydrogen-bond acceptors (Lipinski definition) is 4. The van der Waals surface area contributed by atoms with Gasteiger partial charge in [0.25, 0.3) is 5.69 Å². The van der Waals surface area contributed by atoms with E-state index in [1.807, 2.05) is 4.90 Å². The fourth-order valence-corrected chi connectivity index (χ4v) is 2.39. The van der Waals surface area contributed by atoms with Crippen LogP contribution in [0.3, 0.4) is 0 Å². The molecule has 1 aromatic carbocycles. The van der Waals surface area contributed by atoms with E-state index < -0.39 is 10.9 Å². The number of carbonyl (C=O) groups is 1. The van der Waals surface area contributed by atoms with E-state index in [1.54, 1.807) is 0 Å². The van der Waals surface area contributed by atoms with Gasteiger partial charge in [0.2, 0.25) is 0 Å². The lowest BCUT2D eigenvalue weighted by Gasteiger charge is -2.18. The summed E-state index contributed by atoms with van der Waals surface area (Å²) < 4.78 is 0. The molecule has 0 aromatic heterocycles. The smallest absolute Gasteiger partial charge is 0.335 e. The second-order valence-corrected chi connectivity index (χ2v) is 5.13. The highest BCUT2D eigenvalue weighted by Crippen LogP contribution is 2.34. The lowest BCUT2D eigenvalue weighted by atomic mass is 10.0. The molecule has 1 N–H and O–H groups in total. The zero-order valence-electron chi connectivity index (χ0n) is 10.9. The Morgan fingerprint density at radius 2 is 1.95 bits per heavy atom. The number of hydrogen-bond donors (Lipinski definition) is 1. The first kappa shape index (κ1) is 13.3. The second-order valence-electron chi connectivity index (χ2n) is 5.13. The molecule has 1 fully saturated rings. The topological polar surface area (TPSA) is 83.7 Å². The summed E-state index contributed by atoms with van der Waals surface area (Å²) >= 11 is 0. The van der Waals surface area contributed by atoms with Crippen LogP contribution in [0.25, 0.3) is 0 Å². The van der Waals surface area contributed by atoms with Crippen LogP contribution in [-0.2, 0) is 0 Å². The summed E-state index contributed by atoms with van der Waals surface area (Å²) in [7, 11) is 0. The molecule has 2 atom stereocenters. The van der Waals surface area contributed by atoms with E-state index in [1.165, 1.54) is 18.2 Å². The van der Waals surface area contributed by atoms with Crippen molar-refractivity contribution in [3.63, 3.8) is 0 Å². The maximum absolute atomic E-state index is 11.1. The molecule has 19 heavy (non-hydrogen) atoms. The van der Waals surface area contributed by atoms with Crippen LogP contribution in [-0.4, -0.2) is 29.1 Å². The number of nitro benzene ring substituents is 1. The number of nitro groups is 1. The standard InChI is InChI=1S/C13H16N2O4/c1-8-6-14(7-9(8)2)12-5-10(13(16)17)3-4-11(12)15(18)19/h3-5,8-9H,6-7H2,1-2H3,(H,16,17). The van der Waals surface area contributed by atoms with Crippen molar-refractivity contribution in [2.75, 3.05) is 18.0 Å². The molecule has 0 saturated carbocycles. The first-order valence-corrected chi connectivity index (χ1v) is 6.17. The number of anilines is 1. The van der Waals surface area contributed by atoms with Gasteiger partial charge >= 0.3 is 5.97 Å². The molecule has 2 rings (SSSR count). The van der Waals surface area contributed by atoms with Gasteiger partial charge in [0.1, 0.15) is 5.69 Å². The summed E-state index contributed by atoms with van der Waals surface area (Å²) in [5, 5.41) is 20.1. The van der Waals surface area contributed by atoms with E-state index in [-0.39, 0.29) is 11.3 Å². The molecule has 0 amide bonds. The predicted octanol–water partition coefficient (Wildman–Crippen LogP) is 2.39. The molecule has 1 aliphatic heterocycles. The zero-order valence-corrected chi connectivity index (χ0v) is 10.9. The van der Waals surface area contributed by atoms with Gasteiger partial charge in [-0.2, -0.15) is 0 Å². The molecule has 6 heteroatoms. The lowest BCUT2D eigenvalue weighted by molar-refractivity contribution is -0.384. The minimum atomic E-state index is -1.07. The molecular formula is C13H16N2O4. The monoisotopic (exact) mass is 264 g/mol. The van der Waals surface area contributed by atoms with Gasteiger partial charge in [0, 0.05) is 19.2 Å². The summed E-state index contributed by atoms with van der Waals surface area (Å²) in [4.78, 5) is 23.5. The zero-order chi connectivity index (χ0) is 14.2. The first-order chi connectivity index (χ1) is 8.90. The molecule has 1 saturated heterocycles. The van der Waals surface area contributed by atoms with Gasteiger partial charge in [-0.1, -0.05) is 13.8 Å². The Hall–Kier alpha value is -2.11. The van der Waals surface area contributed by atoms with Gasteiger partial charge in [0.15, 0.2) is 0 Å². The second kappa shape index (κ2) is 4.87. The van der Waals surface area contributed by atoms with E-state index >= 15 is 0 Å². The number of aromatic carboxylic acids is 1. The van der Waals surface area contributed by atoms with E-state index in [2.05, 4.69) is 13.8 Å². The minimum Gasteiger partial charge on any atom is -0.478 e. The summed E-state index contributed by atoms with van der Waals surface area (Å²) in [5.41, 5.74) is 0.445.